The van der Waals surface area contributed by atoms with Crippen molar-refractivity contribution in [2.75, 3.05) is 12.4 Å². The molecule has 0 aromatic carbocycles. The number of amides is 1. The van der Waals surface area contributed by atoms with Crippen molar-refractivity contribution in [3.63, 3.8) is 0 Å². The van der Waals surface area contributed by atoms with Crippen LogP contribution in [0.15, 0.2) is 16.7 Å². The van der Waals surface area contributed by atoms with E-state index in [9.17, 15) is 14.4 Å². The van der Waals surface area contributed by atoms with E-state index in [4.69, 9.17) is 9.26 Å². The molecule has 2 aliphatic heterocycles. The molecule has 2 saturated heterocycles. The SMILES string of the molecule is Cc1cc(-n2c(C)cc(C(=O)COC(=O)C3CSC4(C)CCC(=O)N34)c2C)no1. The summed E-state index contributed by atoms with van der Waals surface area (Å²) in [6, 6.07) is 2.91. The lowest BCUT2D eigenvalue weighted by Gasteiger charge is -2.29. The van der Waals surface area contributed by atoms with Crippen molar-refractivity contribution in [2.24, 2.45) is 0 Å². The van der Waals surface area contributed by atoms with Gasteiger partial charge in [0.2, 0.25) is 11.7 Å². The van der Waals surface area contributed by atoms with Crippen molar-refractivity contribution in [2.45, 2.75) is 51.4 Å². The first kappa shape index (κ1) is 19.8. The Labute approximate surface area is 172 Å². The summed E-state index contributed by atoms with van der Waals surface area (Å²) in [5, 5.41) is 4.00. The normalized spacial score (nSPS) is 23.5. The number of ketones is 1. The number of esters is 1. The fourth-order valence-electron chi connectivity index (χ4n) is 4.16. The number of Topliss-reactive ketones (excluding diaryl/α,β-unsaturated/α-hetero) is 1. The lowest BCUT2D eigenvalue weighted by molar-refractivity contribution is -0.152. The second-order valence-electron chi connectivity index (χ2n) is 7.71. The van der Waals surface area contributed by atoms with E-state index in [-0.39, 0.29) is 23.2 Å². The van der Waals surface area contributed by atoms with Gasteiger partial charge in [-0.25, -0.2) is 4.79 Å². The minimum atomic E-state index is -0.627. The number of fused-ring (bicyclic) bond motifs is 1. The van der Waals surface area contributed by atoms with Gasteiger partial charge < -0.3 is 14.2 Å². The number of rotatable bonds is 5. The van der Waals surface area contributed by atoms with E-state index in [1.54, 1.807) is 35.7 Å². The lowest BCUT2D eigenvalue weighted by atomic mass is 10.1. The number of aromatic nitrogens is 2. The van der Waals surface area contributed by atoms with E-state index in [0.717, 1.165) is 12.1 Å². The Hall–Kier alpha value is -2.55. The van der Waals surface area contributed by atoms with Crippen LogP contribution in [0.25, 0.3) is 5.82 Å². The third kappa shape index (κ3) is 3.27. The van der Waals surface area contributed by atoms with Gasteiger partial charge in [-0.3, -0.25) is 14.2 Å². The molecule has 2 aliphatic rings. The summed E-state index contributed by atoms with van der Waals surface area (Å²) in [7, 11) is 0. The molecule has 4 heterocycles. The molecule has 0 saturated carbocycles. The van der Waals surface area contributed by atoms with E-state index < -0.39 is 12.0 Å². The first-order valence-corrected chi connectivity index (χ1v) is 10.5. The van der Waals surface area contributed by atoms with Gasteiger partial charge in [0.15, 0.2) is 12.4 Å². The molecule has 4 rings (SSSR count). The van der Waals surface area contributed by atoms with Gasteiger partial charge in [-0.1, -0.05) is 5.16 Å². The van der Waals surface area contributed by atoms with Crippen LogP contribution in [-0.2, 0) is 14.3 Å². The van der Waals surface area contributed by atoms with Crippen LogP contribution in [0.1, 0.15) is 47.3 Å². The second kappa shape index (κ2) is 7.05. The number of ether oxygens (including phenoxy) is 1. The van der Waals surface area contributed by atoms with Crippen LogP contribution in [0.2, 0.25) is 0 Å². The van der Waals surface area contributed by atoms with Gasteiger partial charge in [0.25, 0.3) is 0 Å². The maximum absolute atomic E-state index is 12.7. The topological polar surface area (TPSA) is 94.6 Å². The summed E-state index contributed by atoms with van der Waals surface area (Å²) in [6.07, 6.45) is 1.17. The van der Waals surface area contributed by atoms with E-state index in [2.05, 4.69) is 5.16 Å². The molecule has 0 radical (unpaired) electrons. The zero-order valence-electron chi connectivity index (χ0n) is 16.9. The standard InChI is InChI=1S/C20H23N3O5S/c1-11-7-14(13(3)22(11)17-8-12(2)28-21-17)16(24)9-27-19(26)15-10-29-20(4)6-5-18(25)23(15)20/h7-8,15H,5-6,9-10H2,1-4H3. The fourth-order valence-corrected chi connectivity index (χ4v) is 5.58. The van der Waals surface area contributed by atoms with Crippen LogP contribution in [0, 0.1) is 20.8 Å². The summed E-state index contributed by atoms with van der Waals surface area (Å²) >= 11 is 1.59. The minimum Gasteiger partial charge on any atom is -0.456 e. The predicted molar refractivity (Wildman–Crippen MR) is 106 cm³/mol. The van der Waals surface area contributed by atoms with E-state index in [0.29, 0.717) is 35.0 Å². The van der Waals surface area contributed by atoms with Crippen LogP contribution in [-0.4, -0.2) is 55.6 Å². The predicted octanol–water partition coefficient (Wildman–Crippen LogP) is 2.57. The Balaban J connectivity index is 1.45. The first-order valence-electron chi connectivity index (χ1n) is 9.50. The number of hydrogen-bond acceptors (Lipinski definition) is 7. The maximum atomic E-state index is 12.7. The van der Waals surface area contributed by atoms with E-state index in [1.807, 2.05) is 25.3 Å². The van der Waals surface area contributed by atoms with Crippen molar-refractivity contribution in [3.05, 3.63) is 34.8 Å². The van der Waals surface area contributed by atoms with Gasteiger partial charge >= 0.3 is 5.97 Å². The number of nitrogens with zero attached hydrogens (tertiary/aromatic N) is 3. The number of aryl methyl sites for hydroxylation is 2. The quantitative estimate of drug-likeness (QED) is 0.545. The largest absolute Gasteiger partial charge is 0.456 e. The molecule has 29 heavy (non-hydrogen) atoms. The molecular weight excluding hydrogens is 394 g/mol. The van der Waals surface area contributed by atoms with Crippen LogP contribution < -0.4 is 0 Å². The monoisotopic (exact) mass is 417 g/mol. The average molecular weight is 417 g/mol. The Kier molecular flexibility index (Phi) is 4.80. The molecule has 2 aromatic rings. The van der Waals surface area contributed by atoms with Crippen molar-refractivity contribution >= 4 is 29.4 Å². The highest BCUT2D eigenvalue weighted by molar-refractivity contribution is 8.01. The minimum absolute atomic E-state index is 0.0303. The van der Waals surface area contributed by atoms with Crippen molar-refractivity contribution < 1.29 is 23.6 Å². The Bertz CT molecular complexity index is 1010. The highest BCUT2D eigenvalue weighted by Gasteiger charge is 2.53. The summed E-state index contributed by atoms with van der Waals surface area (Å²) < 4.78 is 12.3. The molecule has 0 spiro atoms. The van der Waals surface area contributed by atoms with Crippen LogP contribution in [0.3, 0.4) is 0 Å². The highest BCUT2D eigenvalue weighted by Crippen LogP contribution is 2.47. The Morgan fingerprint density at radius 3 is 2.79 bits per heavy atom. The molecular formula is C20H23N3O5S. The van der Waals surface area contributed by atoms with Crippen molar-refractivity contribution in [1.82, 2.24) is 14.6 Å². The molecule has 0 N–H and O–H groups in total. The molecule has 8 nitrogen and oxygen atoms in total. The number of hydrogen-bond donors (Lipinski definition) is 0. The summed E-state index contributed by atoms with van der Waals surface area (Å²) in [6.45, 7) is 7.10. The second-order valence-corrected chi connectivity index (χ2v) is 9.21. The molecule has 0 aliphatic carbocycles. The Morgan fingerprint density at radius 1 is 1.34 bits per heavy atom. The van der Waals surface area contributed by atoms with Gasteiger partial charge in [0.05, 0.1) is 4.87 Å². The van der Waals surface area contributed by atoms with Crippen molar-refractivity contribution in [3.8, 4) is 5.82 Å². The Morgan fingerprint density at radius 2 is 2.10 bits per heavy atom. The summed E-state index contributed by atoms with van der Waals surface area (Å²) in [5.41, 5.74) is 2.01. The lowest BCUT2D eigenvalue weighted by Crippen LogP contribution is -2.46. The van der Waals surface area contributed by atoms with Gasteiger partial charge in [0.1, 0.15) is 11.8 Å². The summed E-state index contributed by atoms with van der Waals surface area (Å²) in [4.78, 5) is 38.8. The summed E-state index contributed by atoms with van der Waals surface area (Å²) in [5.74, 6) is 0.924. The first-order chi connectivity index (χ1) is 13.7. The van der Waals surface area contributed by atoms with Gasteiger partial charge in [-0.05, 0) is 40.2 Å². The fraction of sp³-hybridized carbons (Fsp3) is 0.500. The van der Waals surface area contributed by atoms with Crippen LogP contribution in [0.4, 0.5) is 0 Å². The number of carbonyl (C=O) groups excluding carboxylic acids is 3. The van der Waals surface area contributed by atoms with Gasteiger partial charge in [0, 0.05) is 35.2 Å². The molecule has 2 unspecified atom stereocenters. The molecule has 2 fully saturated rings. The third-order valence-corrected chi connectivity index (χ3v) is 7.14. The molecule has 2 atom stereocenters. The molecule has 1 amide bonds. The van der Waals surface area contributed by atoms with Crippen LogP contribution in [0.5, 0.6) is 0 Å². The number of carbonyl (C=O) groups is 3. The van der Waals surface area contributed by atoms with E-state index in [1.165, 1.54) is 0 Å². The van der Waals surface area contributed by atoms with Gasteiger partial charge in [-0.2, -0.15) is 0 Å². The average Bonchev–Trinajstić information content (AvgIpc) is 3.38. The zero-order valence-corrected chi connectivity index (χ0v) is 17.7. The van der Waals surface area contributed by atoms with Gasteiger partial charge in [-0.15, -0.1) is 11.8 Å². The molecule has 0 bridgehead atoms. The van der Waals surface area contributed by atoms with Crippen molar-refractivity contribution in [1.29, 1.82) is 0 Å². The molecule has 154 valence electrons. The number of thioether (sulfide) groups is 1. The molecule has 2 aromatic heterocycles. The highest BCUT2D eigenvalue weighted by atomic mass is 32.2. The van der Waals surface area contributed by atoms with Crippen LogP contribution >= 0.6 is 11.8 Å². The zero-order chi connectivity index (χ0) is 20.9. The third-order valence-electron chi connectivity index (χ3n) is 5.64. The smallest absolute Gasteiger partial charge is 0.330 e. The van der Waals surface area contributed by atoms with E-state index >= 15 is 0 Å². The molecule has 9 heteroatoms. The maximum Gasteiger partial charge on any atom is 0.330 e.